The molecule has 1 heterocycles. The first-order chi connectivity index (χ1) is 8.90. The van der Waals surface area contributed by atoms with E-state index in [2.05, 4.69) is 5.10 Å². The van der Waals surface area contributed by atoms with Crippen molar-refractivity contribution in [3.63, 3.8) is 0 Å². The van der Waals surface area contributed by atoms with Crippen LogP contribution in [0.1, 0.15) is 20.8 Å². The van der Waals surface area contributed by atoms with Gasteiger partial charge in [0.05, 0.1) is 11.9 Å². The molecule has 0 aliphatic carbocycles. The summed E-state index contributed by atoms with van der Waals surface area (Å²) in [7, 11) is 0. The smallest absolute Gasteiger partial charge is 0.271 e. The van der Waals surface area contributed by atoms with E-state index >= 15 is 0 Å². The van der Waals surface area contributed by atoms with Gasteiger partial charge in [-0.25, -0.2) is 9.07 Å². The molecule has 0 spiro atoms. The molecule has 1 aromatic heterocycles. The zero-order valence-electron chi connectivity index (χ0n) is 9.63. The van der Waals surface area contributed by atoms with Crippen LogP contribution in [0.2, 0.25) is 0 Å². The average molecular weight is 263 g/mol. The highest BCUT2D eigenvalue weighted by atomic mass is 19.1. The van der Waals surface area contributed by atoms with E-state index in [1.165, 1.54) is 18.3 Å². The molecule has 8 heteroatoms. The summed E-state index contributed by atoms with van der Waals surface area (Å²) in [5, 5.41) is 3.78. The number of amides is 2. The maximum absolute atomic E-state index is 13.8. The van der Waals surface area contributed by atoms with Gasteiger partial charge in [-0.2, -0.15) is 5.10 Å². The van der Waals surface area contributed by atoms with E-state index in [1.54, 1.807) is 0 Å². The van der Waals surface area contributed by atoms with Crippen LogP contribution in [0.4, 0.5) is 10.1 Å². The van der Waals surface area contributed by atoms with Gasteiger partial charge in [-0.15, -0.1) is 0 Å². The summed E-state index contributed by atoms with van der Waals surface area (Å²) in [5.41, 5.74) is 15.5. The molecule has 0 aliphatic rings. The lowest BCUT2D eigenvalue weighted by Crippen LogP contribution is -2.14. The van der Waals surface area contributed by atoms with E-state index in [9.17, 15) is 14.0 Å². The summed E-state index contributed by atoms with van der Waals surface area (Å²) in [4.78, 5) is 21.9. The number of hydrogen-bond donors (Lipinski definition) is 3. The molecule has 1 aromatic carbocycles. The Labute approximate surface area is 106 Å². The molecule has 2 aromatic rings. The number of aromatic nitrogens is 2. The van der Waals surface area contributed by atoms with Gasteiger partial charge in [-0.3, -0.25) is 9.59 Å². The Hall–Kier alpha value is -2.90. The minimum Gasteiger partial charge on any atom is -0.396 e. The topological polar surface area (TPSA) is 130 Å². The maximum atomic E-state index is 13.8. The summed E-state index contributed by atoms with van der Waals surface area (Å²) < 4.78 is 14.9. The zero-order valence-corrected chi connectivity index (χ0v) is 9.63. The second kappa shape index (κ2) is 4.41. The molecule has 2 amide bonds. The summed E-state index contributed by atoms with van der Waals surface area (Å²) >= 11 is 0. The Morgan fingerprint density at radius 3 is 2.37 bits per heavy atom. The van der Waals surface area contributed by atoms with E-state index in [-0.39, 0.29) is 22.6 Å². The maximum Gasteiger partial charge on any atom is 0.271 e. The fraction of sp³-hybridized carbons (Fsp3) is 0. The third kappa shape index (κ3) is 2.23. The number of carbonyl (C=O) groups excluding carboxylic acids is 2. The standard InChI is InChI=1S/C11H10FN5O2/c12-6-3-5(10(14)18)1-2-8(6)17-4-7(13)9(16-17)11(15)19/h1-4H,13H2,(H2,14,18)(H2,15,19). The van der Waals surface area contributed by atoms with E-state index < -0.39 is 17.6 Å². The fourth-order valence-electron chi connectivity index (χ4n) is 1.55. The highest BCUT2D eigenvalue weighted by Crippen LogP contribution is 2.18. The predicted molar refractivity (Wildman–Crippen MR) is 65.0 cm³/mol. The van der Waals surface area contributed by atoms with E-state index in [0.717, 1.165) is 10.7 Å². The molecule has 0 unspecified atom stereocenters. The van der Waals surface area contributed by atoms with Crippen molar-refractivity contribution in [3.05, 3.63) is 41.5 Å². The summed E-state index contributed by atoms with van der Waals surface area (Å²) in [5.74, 6) is -2.29. The molecule has 0 radical (unpaired) electrons. The molecule has 0 atom stereocenters. The molecule has 0 saturated carbocycles. The SMILES string of the molecule is NC(=O)c1ccc(-n2cc(N)c(C(N)=O)n2)c(F)c1. The van der Waals surface area contributed by atoms with Crippen LogP contribution in [0, 0.1) is 5.82 Å². The lowest BCUT2D eigenvalue weighted by Gasteiger charge is -2.04. The van der Waals surface area contributed by atoms with Gasteiger partial charge >= 0.3 is 0 Å². The number of halogens is 1. The third-order valence-corrected chi connectivity index (χ3v) is 2.45. The van der Waals surface area contributed by atoms with E-state index in [1.807, 2.05) is 0 Å². The van der Waals surface area contributed by atoms with Crippen LogP contribution in [0.15, 0.2) is 24.4 Å². The van der Waals surface area contributed by atoms with Crippen molar-refractivity contribution in [1.29, 1.82) is 0 Å². The van der Waals surface area contributed by atoms with Gasteiger partial charge in [0.2, 0.25) is 5.91 Å². The summed E-state index contributed by atoms with van der Waals surface area (Å²) in [6.45, 7) is 0. The van der Waals surface area contributed by atoms with E-state index in [0.29, 0.717) is 0 Å². The number of anilines is 1. The van der Waals surface area contributed by atoms with Crippen LogP contribution in [-0.2, 0) is 0 Å². The number of nitrogens with two attached hydrogens (primary N) is 3. The highest BCUT2D eigenvalue weighted by Gasteiger charge is 2.15. The van der Waals surface area contributed by atoms with Crippen molar-refractivity contribution in [3.8, 4) is 5.69 Å². The Bertz CT molecular complexity index is 680. The molecule has 0 fully saturated rings. The molecule has 98 valence electrons. The summed E-state index contributed by atoms with van der Waals surface area (Å²) in [6, 6.07) is 3.61. The quantitative estimate of drug-likeness (QED) is 0.707. The Kier molecular flexibility index (Phi) is 2.91. The molecular formula is C11H10FN5O2. The molecule has 0 aliphatic heterocycles. The molecule has 6 N–H and O–H groups in total. The first-order valence-corrected chi connectivity index (χ1v) is 5.15. The monoisotopic (exact) mass is 263 g/mol. The van der Waals surface area contributed by atoms with Crippen molar-refractivity contribution in [1.82, 2.24) is 9.78 Å². The minimum atomic E-state index is -0.814. The Morgan fingerprint density at radius 2 is 1.89 bits per heavy atom. The summed E-state index contributed by atoms with van der Waals surface area (Å²) in [6.07, 6.45) is 1.25. The second-order valence-electron chi connectivity index (χ2n) is 3.77. The highest BCUT2D eigenvalue weighted by molar-refractivity contribution is 5.96. The van der Waals surface area contributed by atoms with Gasteiger partial charge in [-0.05, 0) is 18.2 Å². The van der Waals surface area contributed by atoms with Crippen molar-refractivity contribution in [2.45, 2.75) is 0 Å². The average Bonchev–Trinajstić information content (AvgIpc) is 2.71. The number of nitrogens with zero attached hydrogens (tertiary/aromatic N) is 2. The van der Waals surface area contributed by atoms with Gasteiger partial charge in [0, 0.05) is 5.56 Å². The van der Waals surface area contributed by atoms with Crippen molar-refractivity contribution in [2.24, 2.45) is 11.5 Å². The van der Waals surface area contributed by atoms with Gasteiger partial charge < -0.3 is 17.2 Å². The molecule has 19 heavy (non-hydrogen) atoms. The van der Waals surface area contributed by atoms with Crippen LogP contribution >= 0.6 is 0 Å². The molecular weight excluding hydrogens is 253 g/mol. The number of primary amides is 2. The van der Waals surface area contributed by atoms with Crippen LogP contribution in [0.3, 0.4) is 0 Å². The first kappa shape index (κ1) is 12.6. The number of hydrogen-bond acceptors (Lipinski definition) is 4. The van der Waals surface area contributed by atoms with Crippen molar-refractivity contribution in [2.75, 3.05) is 5.73 Å². The molecule has 7 nitrogen and oxygen atoms in total. The van der Waals surface area contributed by atoms with Crippen molar-refractivity contribution < 1.29 is 14.0 Å². The number of carbonyl (C=O) groups is 2. The van der Waals surface area contributed by atoms with Gasteiger partial charge in [0.25, 0.3) is 5.91 Å². The van der Waals surface area contributed by atoms with E-state index in [4.69, 9.17) is 17.2 Å². The van der Waals surface area contributed by atoms with Crippen LogP contribution in [0.5, 0.6) is 0 Å². The van der Waals surface area contributed by atoms with Crippen LogP contribution < -0.4 is 17.2 Å². The number of rotatable bonds is 3. The second-order valence-corrected chi connectivity index (χ2v) is 3.77. The molecule has 0 bridgehead atoms. The van der Waals surface area contributed by atoms with Crippen molar-refractivity contribution >= 4 is 17.5 Å². The number of nitrogen functional groups attached to an aromatic ring is 1. The third-order valence-electron chi connectivity index (χ3n) is 2.45. The normalized spacial score (nSPS) is 10.4. The lowest BCUT2D eigenvalue weighted by molar-refractivity contribution is 0.0989. The van der Waals surface area contributed by atoms with Crippen LogP contribution in [-0.4, -0.2) is 21.6 Å². The molecule has 0 saturated heterocycles. The number of benzene rings is 1. The van der Waals surface area contributed by atoms with Gasteiger partial charge in [0.15, 0.2) is 5.69 Å². The Balaban J connectivity index is 2.50. The van der Waals surface area contributed by atoms with Gasteiger partial charge in [-0.1, -0.05) is 0 Å². The largest absolute Gasteiger partial charge is 0.396 e. The lowest BCUT2D eigenvalue weighted by atomic mass is 10.2. The fourth-order valence-corrected chi connectivity index (χ4v) is 1.55. The van der Waals surface area contributed by atoms with Crippen LogP contribution in [0.25, 0.3) is 5.69 Å². The van der Waals surface area contributed by atoms with Gasteiger partial charge in [0.1, 0.15) is 11.5 Å². The molecule has 2 rings (SSSR count). The first-order valence-electron chi connectivity index (χ1n) is 5.15. The minimum absolute atomic E-state index is 0.0178. The zero-order chi connectivity index (χ0) is 14.2. The Morgan fingerprint density at radius 1 is 1.21 bits per heavy atom. The predicted octanol–water partition coefficient (Wildman–Crippen LogP) is -0.209.